The average Bonchev–Trinajstić information content (AvgIpc) is 3.04. The molecule has 0 bridgehead atoms. The molecule has 0 spiro atoms. The van der Waals surface area contributed by atoms with Crippen LogP contribution in [0.3, 0.4) is 0 Å². The lowest BCUT2D eigenvalue weighted by molar-refractivity contribution is -0.117. The first-order valence-electron chi connectivity index (χ1n) is 9.82. The summed E-state index contributed by atoms with van der Waals surface area (Å²) in [6, 6.07) is 21.1. The quantitative estimate of drug-likeness (QED) is 0.576. The lowest BCUT2D eigenvalue weighted by atomic mass is 9.94. The smallest absolute Gasteiger partial charge is 0.294 e. The molecule has 4 nitrogen and oxygen atoms in total. The summed E-state index contributed by atoms with van der Waals surface area (Å²) in [6.45, 7) is 1.87. The number of anilines is 1. The van der Waals surface area contributed by atoms with Crippen LogP contribution >= 0.6 is 0 Å². The Morgan fingerprint density at radius 2 is 1.71 bits per heavy atom. The second kappa shape index (κ2) is 8.40. The molecule has 31 heavy (non-hydrogen) atoms. The molecule has 0 saturated carbocycles. The molecule has 0 radical (unpaired) electrons. The third-order valence-corrected chi connectivity index (χ3v) is 5.18. The highest BCUT2D eigenvalue weighted by atomic mass is 19.1. The number of aliphatic hydroxyl groups excluding tert-OH is 1. The van der Waals surface area contributed by atoms with Crippen LogP contribution < -0.4 is 4.90 Å². The summed E-state index contributed by atoms with van der Waals surface area (Å²) in [5.41, 5.74) is 2.14. The molecule has 0 fully saturated rings. The van der Waals surface area contributed by atoms with Crippen LogP contribution in [0.25, 0.3) is 6.08 Å². The van der Waals surface area contributed by atoms with Gasteiger partial charge < -0.3 is 5.11 Å². The second-order valence-corrected chi connectivity index (χ2v) is 7.31. The van der Waals surface area contributed by atoms with Gasteiger partial charge in [-0.1, -0.05) is 66.7 Å². The lowest BCUT2D eigenvalue weighted by Crippen LogP contribution is -2.31. The maximum absolute atomic E-state index is 14.8. The second-order valence-electron chi connectivity index (χ2n) is 7.31. The lowest BCUT2D eigenvalue weighted by Gasteiger charge is -2.27. The van der Waals surface area contributed by atoms with E-state index in [1.165, 1.54) is 29.2 Å². The van der Waals surface area contributed by atoms with Crippen molar-refractivity contribution in [2.45, 2.75) is 13.0 Å². The highest BCUT2D eigenvalue weighted by Crippen LogP contribution is 2.42. The number of halogens is 1. The van der Waals surface area contributed by atoms with Crippen LogP contribution in [0, 0.1) is 12.7 Å². The molecule has 0 aliphatic carbocycles. The first-order chi connectivity index (χ1) is 15.0. The Hall–Kier alpha value is -3.99. The van der Waals surface area contributed by atoms with Crippen LogP contribution in [0.4, 0.5) is 10.1 Å². The zero-order valence-electron chi connectivity index (χ0n) is 16.8. The number of rotatable bonds is 5. The summed E-state index contributed by atoms with van der Waals surface area (Å²) in [5.74, 6) is -2.53. The molecule has 1 atom stereocenters. The molecular formula is C26H20FNO3. The molecular weight excluding hydrogens is 393 g/mol. The first-order valence-corrected chi connectivity index (χ1v) is 9.82. The van der Waals surface area contributed by atoms with E-state index < -0.39 is 29.3 Å². The monoisotopic (exact) mass is 413 g/mol. The molecule has 3 aromatic rings. The summed E-state index contributed by atoms with van der Waals surface area (Å²) < 4.78 is 14.8. The van der Waals surface area contributed by atoms with Gasteiger partial charge in [-0.05, 0) is 42.3 Å². The van der Waals surface area contributed by atoms with Crippen LogP contribution in [0.1, 0.15) is 22.7 Å². The van der Waals surface area contributed by atoms with Crippen molar-refractivity contribution in [2.24, 2.45) is 0 Å². The van der Waals surface area contributed by atoms with Gasteiger partial charge in [-0.25, -0.2) is 4.39 Å². The average molecular weight is 413 g/mol. The number of carbonyl (C=O) groups is 2. The number of aliphatic hydroxyl groups is 1. The predicted molar refractivity (Wildman–Crippen MR) is 118 cm³/mol. The fourth-order valence-electron chi connectivity index (χ4n) is 3.72. The summed E-state index contributed by atoms with van der Waals surface area (Å²) in [6.07, 6.45) is 2.89. The molecule has 154 valence electrons. The van der Waals surface area contributed by atoms with Crippen molar-refractivity contribution in [3.8, 4) is 0 Å². The largest absolute Gasteiger partial charge is 0.503 e. The normalized spacial score (nSPS) is 16.4. The number of nitrogens with zero attached hydrogens (tertiary/aromatic N) is 1. The molecule has 0 unspecified atom stereocenters. The van der Waals surface area contributed by atoms with Gasteiger partial charge in [0.1, 0.15) is 5.82 Å². The van der Waals surface area contributed by atoms with Gasteiger partial charge in [0.05, 0.1) is 11.6 Å². The Labute approximate surface area is 179 Å². The number of hydrogen-bond donors (Lipinski definition) is 1. The Morgan fingerprint density at radius 3 is 2.42 bits per heavy atom. The summed E-state index contributed by atoms with van der Waals surface area (Å²) in [4.78, 5) is 27.4. The van der Waals surface area contributed by atoms with Crippen LogP contribution in [-0.4, -0.2) is 16.8 Å². The van der Waals surface area contributed by atoms with Gasteiger partial charge in [0.2, 0.25) is 0 Å². The predicted octanol–water partition coefficient (Wildman–Crippen LogP) is 5.32. The minimum atomic E-state index is -1.08. The van der Waals surface area contributed by atoms with Gasteiger partial charge in [-0.15, -0.1) is 0 Å². The highest BCUT2D eigenvalue weighted by molar-refractivity contribution is 6.19. The molecule has 0 saturated heterocycles. The molecule has 3 aromatic carbocycles. The van der Waals surface area contributed by atoms with Gasteiger partial charge in [0.25, 0.3) is 5.91 Å². The van der Waals surface area contributed by atoms with Crippen molar-refractivity contribution in [3.63, 3.8) is 0 Å². The van der Waals surface area contributed by atoms with Crippen molar-refractivity contribution in [1.82, 2.24) is 0 Å². The van der Waals surface area contributed by atoms with E-state index in [0.29, 0.717) is 5.69 Å². The highest BCUT2D eigenvalue weighted by Gasteiger charge is 2.44. The Kier molecular flexibility index (Phi) is 5.50. The molecule has 1 amide bonds. The van der Waals surface area contributed by atoms with Crippen molar-refractivity contribution < 1.29 is 19.1 Å². The van der Waals surface area contributed by atoms with Gasteiger partial charge in [0, 0.05) is 11.3 Å². The fraction of sp³-hybridized carbons (Fsp3) is 0.0769. The number of carbonyl (C=O) groups excluding carboxylic acids is 2. The molecule has 1 aliphatic rings. The van der Waals surface area contributed by atoms with E-state index in [9.17, 15) is 19.1 Å². The third-order valence-electron chi connectivity index (χ3n) is 5.18. The maximum atomic E-state index is 14.8. The molecule has 1 aliphatic heterocycles. The summed E-state index contributed by atoms with van der Waals surface area (Å²) >= 11 is 0. The standard InChI is InChI=1S/C26H20FNO3/c1-17-8-7-11-19(16-17)28-24(20-12-5-6-13-21(20)27)23(25(30)26(28)31)22(29)15-14-18-9-3-2-4-10-18/h2-16,24,30H,1H3/b15-14+/t24-/m1/s1. The van der Waals surface area contributed by atoms with Crippen molar-refractivity contribution in [1.29, 1.82) is 0 Å². The van der Waals surface area contributed by atoms with Crippen LogP contribution in [-0.2, 0) is 9.59 Å². The van der Waals surface area contributed by atoms with E-state index in [1.807, 2.05) is 43.3 Å². The number of benzene rings is 3. The van der Waals surface area contributed by atoms with E-state index >= 15 is 0 Å². The molecule has 5 heteroatoms. The number of aryl methyl sites for hydroxylation is 1. The summed E-state index contributed by atoms with van der Waals surface area (Å²) in [7, 11) is 0. The van der Waals surface area contributed by atoms with E-state index in [2.05, 4.69) is 0 Å². The Bertz CT molecular complexity index is 1210. The van der Waals surface area contributed by atoms with E-state index in [4.69, 9.17) is 0 Å². The first kappa shape index (κ1) is 20.3. The van der Waals surface area contributed by atoms with Crippen LogP contribution in [0.2, 0.25) is 0 Å². The van der Waals surface area contributed by atoms with E-state index in [0.717, 1.165) is 11.1 Å². The number of amides is 1. The zero-order valence-corrected chi connectivity index (χ0v) is 16.8. The minimum absolute atomic E-state index is 0.137. The number of hydrogen-bond acceptors (Lipinski definition) is 3. The third kappa shape index (κ3) is 3.90. The molecule has 1 heterocycles. The van der Waals surface area contributed by atoms with Gasteiger partial charge in [-0.3, -0.25) is 14.5 Å². The van der Waals surface area contributed by atoms with Crippen LogP contribution in [0.15, 0.2) is 96.3 Å². The maximum Gasteiger partial charge on any atom is 0.294 e. The van der Waals surface area contributed by atoms with Gasteiger partial charge in [-0.2, -0.15) is 0 Å². The molecule has 4 rings (SSSR count). The van der Waals surface area contributed by atoms with Crippen LogP contribution in [0.5, 0.6) is 0 Å². The minimum Gasteiger partial charge on any atom is -0.503 e. The summed E-state index contributed by atoms with van der Waals surface area (Å²) in [5, 5.41) is 10.7. The van der Waals surface area contributed by atoms with E-state index in [-0.39, 0.29) is 11.1 Å². The Balaban J connectivity index is 1.82. The van der Waals surface area contributed by atoms with Crippen molar-refractivity contribution >= 4 is 23.5 Å². The van der Waals surface area contributed by atoms with E-state index in [1.54, 1.807) is 30.3 Å². The molecule has 1 N–H and O–H groups in total. The fourth-order valence-corrected chi connectivity index (χ4v) is 3.72. The molecule has 0 aromatic heterocycles. The van der Waals surface area contributed by atoms with Gasteiger partial charge in [0.15, 0.2) is 11.5 Å². The van der Waals surface area contributed by atoms with Gasteiger partial charge >= 0.3 is 0 Å². The SMILES string of the molecule is Cc1cccc(N2C(=O)C(O)=C(C(=O)/C=C/c3ccccc3)[C@H]2c2ccccc2F)c1. The topological polar surface area (TPSA) is 57.6 Å². The van der Waals surface area contributed by atoms with Crippen molar-refractivity contribution in [3.05, 3.63) is 119 Å². The van der Waals surface area contributed by atoms with Crippen molar-refractivity contribution in [2.75, 3.05) is 4.90 Å². The zero-order chi connectivity index (χ0) is 22.0. The number of allylic oxidation sites excluding steroid dienone is 1. The number of ketones is 1. The Morgan fingerprint density at radius 1 is 1.00 bits per heavy atom.